The highest BCUT2D eigenvalue weighted by Gasteiger charge is 2.28. The summed E-state index contributed by atoms with van der Waals surface area (Å²) < 4.78 is 6.55. The second kappa shape index (κ2) is 7.20. The van der Waals surface area contributed by atoms with Gasteiger partial charge in [-0.05, 0) is 32.6 Å². The Morgan fingerprint density at radius 3 is 2.95 bits per heavy atom. The predicted octanol–water partition coefficient (Wildman–Crippen LogP) is 2.51. The number of nitrogens with zero attached hydrogens (tertiary/aromatic N) is 3. The maximum Gasteiger partial charge on any atom is 0.293 e. The molecule has 2 rings (SSSR count). The number of halogens is 1. The van der Waals surface area contributed by atoms with E-state index in [0.29, 0.717) is 18.8 Å². The molecule has 7 heteroatoms. The van der Waals surface area contributed by atoms with E-state index < -0.39 is 0 Å². The molecule has 1 saturated heterocycles. The molecule has 1 fully saturated rings. The Morgan fingerprint density at radius 1 is 1.52 bits per heavy atom. The SMILES string of the molecule is CN(C)CCOC1CCN(c2ccc(Br)cc2[N+](=O)[O-])C1. The molecule has 1 aromatic rings. The Balaban J connectivity index is 1.99. The van der Waals surface area contributed by atoms with Gasteiger partial charge in [-0.15, -0.1) is 0 Å². The van der Waals surface area contributed by atoms with E-state index in [4.69, 9.17) is 4.74 Å². The van der Waals surface area contributed by atoms with Crippen molar-refractivity contribution in [2.24, 2.45) is 0 Å². The van der Waals surface area contributed by atoms with Crippen molar-refractivity contribution in [3.8, 4) is 0 Å². The molecular formula is C14H20BrN3O3. The van der Waals surface area contributed by atoms with Gasteiger partial charge >= 0.3 is 0 Å². The number of anilines is 1. The van der Waals surface area contributed by atoms with Crippen molar-refractivity contribution < 1.29 is 9.66 Å². The fourth-order valence-corrected chi connectivity index (χ4v) is 2.74. The number of ether oxygens (including phenoxy) is 1. The quantitative estimate of drug-likeness (QED) is 0.578. The third-order valence-electron chi connectivity index (χ3n) is 3.51. The van der Waals surface area contributed by atoms with Crippen LogP contribution in [-0.2, 0) is 4.74 Å². The van der Waals surface area contributed by atoms with Crippen molar-refractivity contribution in [2.45, 2.75) is 12.5 Å². The highest BCUT2D eigenvalue weighted by atomic mass is 79.9. The maximum absolute atomic E-state index is 11.2. The van der Waals surface area contributed by atoms with Crippen molar-refractivity contribution in [2.75, 3.05) is 45.2 Å². The summed E-state index contributed by atoms with van der Waals surface area (Å²) in [5.74, 6) is 0. The summed E-state index contributed by atoms with van der Waals surface area (Å²) >= 11 is 3.28. The number of hydrogen-bond acceptors (Lipinski definition) is 5. The van der Waals surface area contributed by atoms with E-state index in [1.807, 2.05) is 25.1 Å². The minimum atomic E-state index is -0.333. The van der Waals surface area contributed by atoms with Gasteiger partial charge in [-0.1, -0.05) is 15.9 Å². The molecule has 0 spiro atoms. The Morgan fingerprint density at radius 2 is 2.29 bits per heavy atom. The van der Waals surface area contributed by atoms with E-state index in [1.54, 1.807) is 12.1 Å². The van der Waals surface area contributed by atoms with Gasteiger partial charge < -0.3 is 14.5 Å². The fourth-order valence-electron chi connectivity index (χ4n) is 2.40. The summed E-state index contributed by atoms with van der Waals surface area (Å²) in [6.45, 7) is 3.06. The largest absolute Gasteiger partial charge is 0.375 e. The summed E-state index contributed by atoms with van der Waals surface area (Å²) in [6, 6.07) is 5.18. The number of rotatable bonds is 6. The van der Waals surface area contributed by atoms with Crippen LogP contribution in [0.2, 0.25) is 0 Å². The molecule has 6 nitrogen and oxygen atoms in total. The van der Waals surface area contributed by atoms with Gasteiger partial charge in [-0.3, -0.25) is 10.1 Å². The average Bonchev–Trinajstić information content (AvgIpc) is 2.86. The molecule has 1 aromatic carbocycles. The lowest BCUT2D eigenvalue weighted by molar-refractivity contribution is -0.384. The highest BCUT2D eigenvalue weighted by Crippen LogP contribution is 2.33. The predicted molar refractivity (Wildman–Crippen MR) is 85.9 cm³/mol. The normalized spacial score (nSPS) is 18.5. The Hall–Kier alpha value is -1.18. The molecular weight excluding hydrogens is 338 g/mol. The standard InChI is InChI=1S/C14H20BrN3O3/c1-16(2)7-8-21-12-5-6-17(10-12)13-4-3-11(15)9-14(13)18(19)20/h3-4,9,12H,5-8,10H2,1-2H3. The van der Waals surface area contributed by atoms with Gasteiger partial charge in [0, 0.05) is 30.2 Å². The molecule has 1 unspecified atom stereocenters. The van der Waals surface area contributed by atoms with Crippen LogP contribution in [0.1, 0.15) is 6.42 Å². The van der Waals surface area contributed by atoms with Crippen molar-refractivity contribution in [3.63, 3.8) is 0 Å². The molecule has 1 atom stereocenters. The first-order valence-corrected chi connectivity index (χ1v) is 7.72. The summed E-state index contributed by atoms with van der Waals surface area (Å²) in [4.78, 5) is 15.0. The molecule has 0 aliphatic carbocycles. The number of nitro groups is 1. The maximum atomic E-state index is 11.2. The van der Waals surface area contributed by atoms with Crippen LogP contribution in [0.3, 0.4) is 0 Å². The Kier molecular flexibility index (Phi) is 5.55. The summed E-state index contributed by atoms with van der Waals surface area (Å²) in [5.41, 5.74) is 0.806. The van der Waals surface area contributed by atoms with E-state index in [0.717, 1.165) is 24.0 Å². The van der Waals surface area contributed by atoms with Gasteiger partial charge in [0.05, 0.1) is 17.6 Å². The van der Waals surface area contributed by atoms with Crippen molar-refractivity contribution in [1.29, 1.82) is 0 Å². The van der Waals surface area contributed by atoms with Gasteiger partial charge in [-0.2, -0.15) is 0 Å². The number of hydrogen-bond donors (Lipinski definition) is 0. The lowest BCUT2D eigenvalue weighted by Crippen LogP contribution is -2.26. The van der Waals surface area contributed by atoms with Crippen LogP contribution < -0.4 is 4.90 Å². The van der Waals surface area contributed by atoms with Gasteiger partial charge in [0.2, 0.25) is 0 Å². The van der Waals surface area contributed by atoms with Gasteiger partial charge in [0.1, 0.15) is 5.69 Å². The molecule has 1 aliphatic heterocycles. The third kappa shape index (κ3) is 4.39. The topological polar surface area (TPSA) is 58.8 Å². The first-order valence-electron chi connectivity index (χ1n) is 6.92. The molecule has 0 saturated carbocycles. The Labute approximate surface area is 132 Å². The molecule has 0 N–H and O–H groups in total. The number of nitro benzene ring substituents is 1. The van der Waals surface area contributed by atoms with Gasteiger partial charge in [-0.25, -0.2) is 0 Å². The van der Waals surface area contributed by atoms with Crippen LogP contribution in [0.4, 0.5) is 11.4 Å². The summed E-state index contributed by atoms with van der Waals surface area (Å²) in [7, 11) is 4.02. The highest BCUT2D eigenvalue weighted by molar-refractivity contribution is 9.10. The molecule has 1 aliphatic rings. The van der Waals surface area contributed by atoms with Crippen LogP contribution in [0.25, 0.3) is 0 Å². The summed E-state index contributed by atoms with van der Waals surface area (Å²) in [5, 5.41) is 11.2. The van der Waals surface area contributed by atoms with Crippen LogP contribution in [0.5, 0.6) is 0 Å². The van der Waals surface area contributed by atoms with Gasteiger partial charge in [0.25, 0.3) is 5.69 Å². The fraction of sp³-hybridized carbons (Fsp3) is 0.571. The van der Waals surface area contributed by atoms with Crippen molar-refractivity contribution >= 4 is 27.3 Å². The van der Waals surface area contributed by atoms with E-state index in [9.17, 15) is 10.1 Å². The minimum Gasteiger partial charge on any atom is -0.375 e. The third-order valence-corrected chi connectivity index (χ3v) is 4.01. The van der Waals surface area contributed by atoms with E-state index in [2.05, 4.69) is 20.8 Å². The van der Waals surface area contributed by atoms with Crippen LogP contribution in [0.15, 0.2) is 22.7 Å². The first-order chi connectivity index (χ1) is 9.97. The second-order valence-corrected chi connectivity index (χ2v) is 6.34. The smallest absolute Gasteiger partial charge is 0.293 e. The summed E-state index contributed by atoms with van der Waals surface area (Å²) in [6.07, 6.45) is 1.05. The van der Waals surface area contributed by atoms with Gasteiger partial charge in [0.15, 0.2) is 0 Å². The first kappa shape index (κ1) is 16.2. The number of benzene rings is 1. The lowest BCUT2D eigenvalue weighted by Gasteiger charge is -2.19. The molecule has 0 amide bonds. The monoisotopic (exact) mass is 357 g/mol. The van der Waals surface area contributed by atoms with Crippen LogP contribution >= 0.6 is 15.9 Å². The Bertz CT molecular complexity index is 510. The minimum absolute atomic E-state index is 0.137. The molecule has 0 radical (unpaired) electrons. The van der Waals surface area contributed by atoms with E-state index >= 15 is 0 Å². The van der Waals surface area contributed by atoms with Crippen molar-refractivity contribution in [3.05, 3.63) is 32.8 Å². The molecule has 0 aromatic heterocycles. The van der Waals surface area contributed by atoms with E-state index in [1.165, 1.54) is 0 Å². The zero-order valence-electron chi connectivity index (χ0n) is 12.3. The van der Waals surface area contributed by atoms with Crippen LogP contribution in [0, 0.1) is 10.1 Å². The van der Waals surface area contributed by atoms with Crippen LogP contribution in [-0.4, -0.2) is 56.3 Å². The second-order valence-electron chi connectivity index (χ2n) is 5.42. The molecule has 21 heavy (non-hydrogen) atoms. The molecule has 1 heterocycles. The average molecular weight is 358 g/mol. The van der Waals surface area contributed by atoms with E-state index in [-0.39, 0.29) is 16.7 Å². The zero-order valence-corrected chi connectivity index (χ0v) is 13.9. The lowest BCUT2D eigenvalue weighted by atomic mass is 10.2. The number of likely N-dealkylation sites (N-methyl/N-ethyl adjacent to an activating group) is 1. The molecule has 0 bridgehead atoms. The molecule has 116 valence electrons. The zero-order chi connectivity index (χ0) is 15.4. The van der Waals surface area contributed by atoms with Crippen molar-refractivity contribution in [1.82, 2.24) is 4.90 Å².